The molecule has 0 radical (unpaired) electrons. The van der Waals surface area contributed by atoms with Gasteiger partial charge in [0.2, 0.25) is 0 Å². The van der Waals surface area contributed by atoms with Crippen LogP contribution in [0.4, 0.5) is 0 Å². The summed E-state index contributed by atoms with van der Waals surface area (Å²) in [7, 11) is 0. The van der Waals surface area contributed by atoms with Crippen molar-refractivity contribution in [3.05, 3.63) is 34.3 Å². The van der Waals surface area contributed by atoms with Crippen LogP contribution in [-0.4, -0.2) is 25.0 Å². The lowest BCUT2D eigenvalue weighted by Crippen LogP contribution is -2.30. The molecule has 0 spiro atoms. The predicted octanol–water partition coefficient (Wildman–Crippen LogP) is 2.32. The van der Waals surface area contributed by atoms with Crippen LogP contribution in [0.1, 0.15) is 29.6 Å². The van der Waals surface area contributed by atoms with Crippen molar-refractivity contribution in [1.29, 1.82) is 0 Å². The van der Waals surface area contributed by atoms with Gasteiger partial charge in [-0.15, -0.1) is 0 Å². The Morgan fingerprint density at radius 3 is 3.12 bits per heavy atom. The fourth-order valence-corrected chi connectivity index (χ4v) is 2.49. The number of hydrogen-bond acceptors (Lipinski definition) is 2. The van der Waals surface area contributed by atoms with Crippen molar-refractivity contribution in [3.8, 4) is 0 Å². The van der Waals surface area contributed by atoms with Crippen LogP contribution in [-0.2, 0) is 0 Å². The third kappa shape index (κ3) is 3.82. The molecule has 1 amide bonds. The lowest BCUT2D eigenvalue weighted by molar-refractivity contribution is 0.0952. The van der Waals surface area contributed by atoms with Gasteiger partial charge in [-0.3, -0.25) is 4.79 Å². The molecule has 17 heavy (non-hydrogen) atoms. The molecule has 0 bridgehead atoms. The summed E-state index contributed by atoms with van der Waals surface area (Å²) < 4.78 is 0.933. The standard InChI is InChI=1S/C13H17BrN2O/c14-11-4-1-3-10(9-11)13(17)16-8-6-12-5-2-7-15-12/h1,3-4,9,12,15H,2,5-8H2,(H,16,17)/t12-/m0/s1. The summed E-state index contributed by atoms with van der Waals surface area (Å²) in [6.07, 6.45) is 3.50. The molecular weight excluding hydrogens is 280 g/mol. The van der Waals surface area contributed by atoms with Crippen molar-refractivity contribution in [2.24, 2.45) is 0 Å². The Kier molecular flexibility index (Phi) is 4.57. The number of hydrogen-bond donors (Lipinski definition) is 2. The number of benzene rings is 1. The van der Waals surface area contributed by atoms with Gasteiger partial charge in [-0.25, -0.2) is 0 Å². The Bertz CT molecular complexity index is 389. The molecule has 1 atom stereocenters. The summed E-state index contributed by atoms with van der Waals surface area (Å²) in [6, 6.07) is 8.03. The third-order valence-corrected chi connectivity index (χ3v) is 3.52. The van der Waals surface area contributed by atoms with Crippen LogP contribution >= 0.6 is 15.9 Å². The first-order valence-electron chi connectivity index (χ1n) is 6.03. The normalized spacial score (nSPS) is 19.2. The molecule has 0 aromatic heterocycles. The third-order valence-electron chi connectivity index (χ3n) is 3.03. The highest BCUT2D eigenvalue weighted by Crippen LogP contribution is 2.12. The van der Waals surface area contributed by atoms with Crippen molar-refractivity contribution < 1.29 is 4.79 Å². The maximum Gasteiger partial charge on any atom is 0.251 e. The molecule has 0 unspecified atom stereocenters. The zero-order valence-corrected chi connectivity index (χ0v) is 11.3. The maximum absolute atomic E-state index is 11.8. The molecule has 0 aliphatic carbocycles. The second kappa shape index (κ2) is 6.17. The lowest BCUT2D eigenvalue weighted by atomic mass is 10.1. The van der Waals surface area contributed by atoms with Gasteiger partial charge in [0.25, 0.3) is 5.91 Å². The molecule has 2 N–H and O–H groups in total. The van der Waals surface area contributed by atoms with Gasteiger partial charge in [0.05, 0.1) is 0 Å². The van der Waals surface area contributed by atoms with E-state index in [1.54, 1.807) is 0 Å². The van der Waals surface area contributed by atoms with Crippen LogP contribution in [0.5, 0.6) is 0 Å². The molecule has 1 saturated heterocycles. The maximum atomic E-state index is 11.8. The van der Waals surface area contributed by atoms with Gasteiger partial charge in [-0.05, 0) is 44.0 Å². The van der Waals surface area contributed by atoms with E-state index in [1.807, 2.05) is 24.3 Å². The molecule has 1 aliphatic rings. The van der Waals surface area contributed by atoms with Crippen LogP contribution in [0.3, 0.4) is 0 Å². The molecular formula is C13H17BrN2O. The molecule has 2 rings (SSSR count). The molecule has 3 nitrogen and oxygen atoms in total. The summed E-state index contributed by atoms with van der Waals surface area (Å²) in [6.45, 7) is 1.85. The number of amides is 1. The van der Waals surface area contributed by atoms with Crippen molar-refractivity contribution in [2.45, 2.75) is 25.3 Å². The second-order valence-corrected chi connectivity index (χ2v) is 5.26. The number of nitrogens with one attached hydrogen (secondary N) is 2. The quantitative estimate of drug-likeness (QED) is 0.895. The topological polar surface area (TPSA) is 41.1 Å². The Labute approximate surface area is 110 Å². The summed E-state index contributed by atoms with van der Waals surface area (Å²) >= 11 is 3.36. The SMILES string of the molecule is O=C(NCC[C@@H]1CCCN1)c1cccc(Br)c1. The van der Waals surface area contributed by atoms with Crippen molar-refractivity contribution in [2.75, 3.05) is 13.1 Å². The van der Waals surface area contributed by atoms with Crippen molar-refractivity contribution in [1.82, 2.24) is 10.6 Å². The minimum absolute atomic E-state index is 0.00398. The van der Waals surface area contributed by atoms with E-state index < -0.39 is 0 Å². The second-order valence-electron chi connectivity index (χ2n) is 4.35. The summed E-state index contributed by atoms with van der Waals surface area (Å²) in [5.41, 5.74) is 0.707. The van der Waals surface area contributed by atoms with Crippen LogP contribution in [0.25, 0.3) is 0 Å². The number of halogens is 1. The first kappa shape index (κ1) is 12.6. The van der Waals surface area contributed by atoms with E-state index in [-0.39, 0.29) is 5.91 Å². The molecule has 1 aliphatic heterocycles. The van der Waals surface area contributed by atoms with Crippen LogP contribution in [0, 0.1) is 0 Å². The zero-order chi connectivity index (χ0) is 12.1. The number of carbonyl (C=O) groups excluding carboxylic acids is 1. The minimum atomic E-state index is 0.00398. The Morgan fingerprint density at radius 1 is 1.53 bits per heavy atom. The highest BCUT2D eigenvalue weighted by molar-refractivity contribution is 9.10. The van der Waals surface area contributed by atoms with Gasteiger partial charge in [0.15, 0.2) is 0 Å². The van der Waals surface area contributed by atoms with E-state index >= 15 is 0 Å². The average molecular weight is 297 g/mol. The largest absolute Gasteiger partial charge is 0.352 e. The van der Waals surface area contributed by atoms with E-state index in [9.17, 15) is 4.79 Å². The van der Waals surface area contributed by atoms with Crippen LogP contribution < -0.4 is 10.6 Å². The zero-order valence-electron chi connectivity index (χ0n) is 9.71. The molecule has 1 aromatic carbocycles. The van der Waals surface area contributed by atoms with Gasteiger partial charge < -0.3 is 10.6 Å². The van der Waals surface area contributed by atoms with Gasteiger partial charge in [-0.2, -0.15) is 0 Å². The number of rotatable bonds is 4. The fraction of sp³-hybridized carbons (Fsp3) is 0.462. The van der Waals surface area contributed by atoms with E-state index in [4.69, 9.17) is 0 Å². The summed E-state index contributed by atoms with van der Waals surface area (Å²) in [5.74, 6) is 0.00398. The predicted molar refractivity (Wildman–Crippen MR) is 72.1 cm³/mol. The van der Waals surface area contributed by atoms with Crippen molar-refractivity contribution >= 4 is 21.8 Å². The molecule has 0 saturated carbocycles. The smallest absolute Gasteiger partial charge is 0.251 e. The minimum Gasteiger partial charge on any atom is -0.352 e. The first-order valence-corrected chi connectivity index (χ1v) is 6.82. The monoisotopic (exact) mass is 296 g/mol. The Balaban J connectivity index is 1.77. The fourth-order valence-electron chi connectivity index (χ4n) is 2.09. The van der Waals surface area contributed by atoms with Gasteiger partial charge >= 0.3 is 0 Å². The van der Waals surface area contributed by atoms with E-state index in [0.29, 0.717) is 11.6 Å². The summed E-state index contributed by atoms with van der Waals surface area (Å²) in [4.78, 5) is 11.8. The molecule has 1 fully saturated rings. The van der Waals surface area contributed by atoms with Gasteiger partial charge in [0.1, 0.15) is 0 Å². The number of carbonyl (C=O) groups is 1. The first-order chi connectivity index (χ1) is 8.25. The van der Waals surface area contributed by atoms with E-state index in [0.717, 1.165) is 24.0 Å². The van der Waals surface area contributed by atoms with Gasteiger partial charge in [-0.1, -0.05) is 22.0 Å². The highest BCUT2D eigenvalue weighted by Gasteiger charge is 2.13. The van der Waals surface area contributed by atoms with Crippen LogP contribution in [0.2, 0.25) is 0 Å². The molecule has 4 heteroatoms. The molecule has 92 valence electrons. The van der Waals surface area contributed by atoms with Gasteiger partial charge in [0, 0.05) is 22.6 Å². The summed E-state index contributed by atoms with van der Waals surface area (Å²) in [5, 5.41) is 6.37. The highest BCUT2D eigenvalue weighted by atomic mass is 79.9. The average Bonchev–Trinajstić information content (AvgIpc) is 2.82. The Hall–Kier alpha value is -0.870. The van der Waals surface area contributed by atoms with E-state index in [1.165, 1.54) is 12.8 Å². The van der Waals surface area contributed by atoms with E-state index in [2.05, 4.69) is 26.6 Å². The molecule has 1 aromatic rings. The Morgan fingerprint density at radius 2 is 2.41 bits per heavy atom. The van der Waals surface area contributed by atoms with Crippen molar-refractivity contribution in [3.63, 3.8) is 0 Å². The molecule has 1 heterocycles. The lowest BCUT2D eigenvalue weighted by Gasteiger charge is -2.10. The van der Waals surface area contributed by atoms with Crippen LogP contribution in [0.15, 0.2) is 28.7 Å².